The number of ether oxygens (including phenoxy) is 1. The second kappa shape index (κ2) is 7.29. The number of nitrogens with zero attached hydrogens (tertiary/aromatic N) is 3. The van der Waals surface area contributed by atoms with Gasteiger partial charge in [-0.2, -0.15) is 0 Å². The van der Waals surface area contributed by atoms with E-state index in [-0.39, 0.29) is 12.0 Å². The number of likely N-dealkylation sites (tertiary alicyclic amines) is 1. The zero-order chi connectivity index (χ0) is 17.1. The van der Waals surface area contributed by atoms with Gasteiger partial charge in [-0.15, -0.1) is 11.3 Å². The predicted molar refractivity (Wildman–Crippen MR) is 97.6 cm³/mol. The molecule has 1 atom stereocenters. The van der Waals surface area contributed by atoms with Crippen LogP contribution in [0.25, 0.3) is 10.2 Å². The van der Waals surface area contributed by atoms with Crippen LogP contribution in [0, 0.1) is 0 Å². The number of pyridine rings is 1. The van der Waals surface area contributed by atoms with Crippen molar-refractivity contribution in [1.29, 1.82) is 0 Å². The normalized spacial score (nSPS) is 17.8. The molecule has 1 amide bonds. The molecule has 0 saturated carbocycles. The molecule has 128 valence electrons. The highest BCUT2D eigenvalue weighted by Gasteiger charge is 2.25. The van der Waals surface area contributed by atoms with Gasteiger partial charge in [-0.05, 0) is 43.2 Å². The van der Waals surface area contributed by atoms with Crippen molar-refractivity contribution in [3.63, 3.8) is 0 Å². The molecule has 1 fully saturated rings. The van der Waals surface area contributed by atoms with Gasteiger partial charge in [0.1, 0.15) is 0 Å². The minimum atomic E-state index is 0.0619. The Morgan fingerprint density at radius 1 is 1.28 bits per heavy atom. The number of thiazole rings is 1. The molecule has 1 aromatic carbocycles. The fraction of sp³-hybridized carbons (Fsp3) is 0.316. The van der Waals surface area contributed by atoms with Crippen LogP contribution < -0.4 is 0 Å². The lowest BCUT2D eigenvalue weighted by Gasteiger charge is -2.32. The molecule has 4 rings (SSSR count). The zero-order valence-corrected chi connectivity index (χ0v) is 14.6. The number of carbonyl (C=O) groups is 1. The van der Waals surface area contributed by atoms with Gasteiger partial charge in [-0.3, -0.25) is 9.78 Å². The van der Waals surface area contributed by atoms with Crippen molar-refractivity contribution in [1.82, 2.24) is 14.9 Å². The molecule has 0 spiro atoms. The van der Waals surface area contributed by atoms with Crippen molar-refractivity contribution < 1.29 is 9.53 Å². The average molecular weight is 353 g/mol. The summed E-state index contributed by atoms with van der Waals surface area (Å²) in [5, 5.41) is 0. The Bertz CT molecular complexity index is 865. The van der Waals surface area contributed by atoms with E-state index >= 15 is 0 Å². The van der Waals surface area contributed by atoms with E-state index in [9.17, 15) is 4.79 Å². The number of rotatable bonds is 4. The molecule has 0 unspecified atom stereocenters. The monoisotopic (exact) mass is 353 g/mol. The molecule has 25 heavy (non-hydrogen) atoms. The lowest BCUT2D eigenvalue weighted by Crippen LogP contribution is -2.43. The van der Waals surface area contributed by atoms with Crippen LogP contribution >= 0.6 is 11.3 Å². The Kier molecular flexibility index (Phi) is 4.72. The maximum atomic E-state index is 12.8. The van der Waals surface area contributed by atoms with E-state index in [1.54, 1.807) is 23.0 Å². The Morgan fingerprint density at radius 3 is 3.12 bits per heavy atom. The van der Waals surface area contributed by atoms with Crippen LogP contribution in [0.15, 0.2) is 48.1 Å². The minimum absolute atomic E-state index is 0.0619. The highest BCUT2D eigenvalue weighted by atomic mass is 32.1. The summed E-state index contributed by atoms with van der Waals surface area (Å²) in [6, 6.07) is 11.5. The molecule has 1 aliphatic rings. The molecule has 6 heteroatoms. The molecule has 5 nitrogen and oxygen atoms in total. The second-order valence-corrected chi connectivity index (χ2v) is 7.07. The summed E-state index contributed by atoms with van der Waals surface area (Å²) in [6.07, 6.45) is 3.77. The molecule has 0 N–H and O–H groups in total. The van der Waals surface area contributed by atoms with Gasteiger partial charge in [0.25, 0.3) is 5.91 Å². The zero-order valence-electron chi connectivity index (χ0n) is 13.8. The highest BCUT2D eigenvalue weighted by molar-refractivity contribution is 7.16. The van der Waals surface area contributed by atoms with Gasteiger partial charge in [-0.1, -0.05) is 6.07 Å². The van der Waals surface area contributed by atoms with E-state index in [1.165, 1.54) is 0 Å². The van der Waals surface area contributed by atoms with Gasteiger partial charge in [0.05, 0.1) is 34.1 Å². The lowest BCUT2D eigenvalue weighted by molar-refractivity contribution is -0.00784. The van der Waals surface area contributed by atoms with Gasteiger partial charge in [0.15, 0.2) is 0 Å². The quantitative estimate of drug-likeness (QED) is 0.720. The summed E-state index contributed by atoms with van der Waals surface area (Å²) in [4.78, 5) is 23.3. The number of aromatic nitrogens is 2. The third kappa shape index (κ3) is 3.70. The summed E-state index contributed by atoms with van der Waals surface area (Å²) in [6.45, 7) is 1.90. The summed E-state index contributed by atoms with van der Waals surface area (Å²) < 4.78 is 7.03. The van der Waals surface area contributed by atoms with Crippen molar-refractivity contribution in [2.75, 3.05) is 13.1 Å². The topological polar surface area (TPSA) is 55.3 Å². The van der Waals surface area contributed by atoms with Crippen molar-refractivity contribution in [3.05, 3.63) is 59.4 Å². The average Bonchev–Trinajstić information content (AvgIpc) is 3.14. The molecule has 0 radical (unpaired) electrons. The number of hydrogen-bond acceptors (Lipinski definition) is 5. The summed E-state index contributed by atoms with van der Waals surface area (Å²) in [7, 11) is 0. The Morgan fingerprint density at radius 2 is 2.24 bits per heavy atom. The number of amides is 1. The molecule has 0 bridgehead atoms. The van der Waals surface area contributed by atoms with Crippen LogP contribution in [0.1, 0.15) is 28.9 Å². The van der Waals surface area contributed by atoms with Crippen molar-refractivity contribution in [2.24, 2.45) is 0 Å². The summed E-state index contributed by atoms with van der Waals surface area (Å²) >= 11 is 1.56. The predicted octanol–water partition coefficient (Wildman–Crippen LogP) is 3.51. The first-order valence-corrected chi connectivity index (χ1v) is 9.31. The molecular formula is C19H19N3O2S. The maximum absolute atomic E-state index is 12.8. The lowest BCUT2D eigenvalue weighted by atomic mass is 10.1. The van der Waals surface area contributed by atoms with E-state index in [2.05, 4.69) is 9.97 Å². The molecule has 2 aromatic heterocycles. The molecule has 0 aliphatic carbocycles. The van der Waals surface area contributed by atoms with E-state index in [4.69, 9.17) is 4.74 Å². The fourth-order valence-electron chi connectivity index (χ4n) is 3.12. The first-order valence-electron chi connectivity index (χ1n) is 8.43. The number of fused-ring (bicyclic) bond motifs is 1. The van der Waals surface area contributed by atoms with Gasteiger partial charge in [0, 0.05) is 24.8 Å². The van der Waals surface area contributed by atoms with E-state index in [1.807, 2.05) is 41.3 Å². The maximum Gasteiger partial charge on any atom is 0.253 e. The number of hydrogen-bond donors (Lipinski definition) is 0. The molecule has 1 aliphatic heterocycles. The number of benzene rings is 1. The molecule has 1 saturated heterocycles. The van der Waals surface area contributed by atoms with Crippen LogP contribution in [0.2, 0.25) is 0 Å². The summed E-state index contributed by atoms with van der Waals surface area (Å²) in [5.41, 5.74) is 4.39. The van der Waals surface area contributed by atoms with Crippen LogP contribution in [-0.2, 0) is 11.3 Å². The van der Waals surface area contributed by atoms with Crippen molar-refractivity contribution >= 4 is 27.5 Å². The fourth-order valence-corrected chi connectivity index (χ4v) is 3.83. The van der Waals surface area contributed by atoms with Crippen LogP contribution in [0.5, 0.6) is 0 Å². The van der Waals surface area contributed by atoms with Crippen LogP contribution in [0.4, 0.5) is 0 Å². The number of piperidine rings is 1. The van der Waals surface area contributed by atoms with Gasteiger partial charge in [0.2, 0.25) is 0 Å². The highest BCUT2D eigenvalue weighted by Crippen LogP contribution is 2.22. The van der Waals surface area contributed by atoms with Gasteiger partial charge >= 0.3 is 0 Å². The largest absolute Gasteiger partial charge is 0.370 e. The van der Waals surface area contributed by atoms with Gasteiger partial charge in [-0.25, -0.2) is 4.98 Å². The molecule has 3 heterocycles. The third-order valence-electron chi connectivity index (χ3n) is 4.44. The molecular weight excluding hydrogens is 334 g/mol. The third-order valence-corrected chi connectivity index (χ3v) is 5.23. The van der Waals surface area contributed by atoms with Crippen LogP contribution in [0.3, 0.4) is 0 Å². The second-order valence-electron chi connectivity index (χ2n) is 6.18. The van der Waals surface area contributed by atoms with E-state index < -0.39 is 0 Å². The Balaban J connectivity index is 1.40. The SMILES string of the molecule is O=C(c1ccc2ncsc2c1)N1CCC[C@@H](OCc2ccccn2)C1. The standard InChI is InChI=1S/C19H19N3O2S/c23-19(14-6-7-17-18(10-14)25-13-21-17)22-9-3-5-16(11-22)24-12-15-4-1-2-8-20-15/h1-2,4,6-8,10,13,16H,3,5,9,11-12H2/t16-/m1/s1. The van der Waals surface area contributed by atoms with E-state index in [0.717, 1.165) is 40.9 Å². The smallest absolute Gasteiger partial charge is 0.253 e. The first kappa shape index (κ1) is 16.2. The molecule has 3 aromatic rings. The number of carbonyl (C=O) groups excluding carboxylic acids is 1. The summed E-state index contributed by atoms with van der Waals surface area (Å²) in [5.74, 6) is 0.0708. The Hall–Kier alpha value is -2.31. The van der Waals surface area contributed by atoms with Gasteiger partial charge < -0.3 is 9.64 Å². The van der Waals surface area contributed by atoms with E-state index in [0.29, 0.717) is 13.2 Å². The van der Waals surface area contributed by atoms with Crippen LogP contribution in [-0.4, -0.2) is 40.0 Å². The van der Waals surface area contributed by atoms with Crippen molar-refractivity contribution in [2.45, 2.75) is 25.6 Å². The first-order chi connectivity index (χ1) is 12.3. The minimum Gasteiger partial charge on any atom is -0.370 e. The Labute approximate surface area is 150 Å². The van der Waals surface area contributed by atoms with Crippen molar-refractivity contribution in [3.8, 4) is 0 Å².